The maximum Gasteiger partial charge on any atom is 0.246 e. The molecule has 2 rings (SSSR count). The van der Waals surface area contributed by atoms with Crippen molar-refractivity contribution in [2.75, 3.05) is 0 Å². The number of para-hydroxylation sites is 1. The van der Waals surface area contributed by atoms with Gasteiger partial charge in [-0.3, -0.25) is 4.79 Å². The van der Waals surface area contributed by atoms with Crippen molar-refractivity contribution in [3.8, 4) is 0 Å². The molecule has 0 bridgehead atoms. The Morgan fingerprint density at radius 3 is 2.24 bits per heavy atom. The van der Waals surface area contributed by atoms with E-state index >= 15 is 0 Å². The second-order valence-electron chi connectivity index (χ2n) is 6.81. The fourth-order valence-electron chi connectivity index (χ4n) is 3.27. The molecule has 0 aliphatic heterocycles. The van der Waals surface area contributed by atoms with Crippen molar-refractivity contribution >= 4 is 27.9 Å². The van der Waals surface area contributed by atoms with Crippen LogP contribution in [0.5, 0.6) is 0 Å². The predicted molar refractivity (Wildman–Crippen MR) is 104 cm³/mol. The van der Waals surface area contributed by atoms with Gasteiger partial charge in [0.1, 0.15) is 11.6 Å². The maximum atomic E-state index is 11.9. The van der Waals surface area contributed by atoms with E-state index < -0.39 is 6.04 Å². The van der Waals surface area contributed by atoms with Crippen molar-refractivity contribution in [3.05, 3.63) is 24.3 Å². The minimum Gasteiger partial charge on any atom is -0.279 e. The van der Waals surface area contributed by atoms with E-state index in [2.05, 4.69) is 17.2 Å². The first-order valence-electron chi connectivity index (χ1n) is 9.73. The number of rotatable bonds is 13. The zero-order valence-electron chi connectivity index (χ0n) is 15.3. The lowest BCUT2D eigenvalue weighted by molar-refractivity contribution is -0.115. The van der Waals surface area contributed by atoms with E-state index in [-0.39, 0.29) is 5.24 Å². The van der Waals surface area contributed by atoms with Crippen molar-refractivity contribution in [3.63, 3.8) is 0 Å². The average molecular weight is 364 g/mol. The summed E-state index contributed by atoms with van der Waals surface area (Å²) in [5.74, 6) is 0. The van der Waals surface area contributed by atoms with Gasteiger partial charge in [-0.25, -0.2) is 4.68 Å². The highest BCUT2D eigenvalue weighted by Gasteiger charge is 2.21. The normalized spacial score (nSPS) is 12.6. The summed E-state index contributed by atoms with van der Waals surface area (Å²) in [6.07, 6.45) is 13.5. The van der Waals surface area contributed by atoms with Gasteiger partial charge in [0, 0.05) is 0 Å². The molecule has 5 heteroatoms. The zero-order valence-corrected chi connectivity index (χ0v) is 16.0. The summed E-state index contributed by atoms with van der Waals surface area (Å²) in [5.41, 5.74) is 1.67. The number of benzene rings is 1. The zero-order chi connectivity index (χ0) is 17.9. The number of nitrogens with zero attached hydrogens (tertiary/aromatic N) is 3. The number of carbonyl (C=O) groups is 1. The molecule has 0 saturated carbocycles. The van der Waals surface area contributed by atoms with Crippen LogP contribution in [0.25, 0.3) is 11.0 Å². The lowest BCUT2D eigenvalue weighted by Crippen LogP contribution is -2.17. The van der Waals surface area contributed by atoms with Crippen LogP contribution >= 0.6 is 11.6 Å². The molecule has 138 valence electrons. The number of carbonyl (C=O) groups excluding carboxylic acids is 1. The fourth-order valence-corrected chi connectivity index (χ4v) is 3.48. The van der Waals surface area contributed by atoms with Crippen LogP contribution in [0.1, 0.15) is 83.6 Å². The van der Waals surface area contributed by atoms with E-state index in [4.69, 9.17) is 11.6 Å². The third-order valence-corrected chi connectivity index (χ3v) is 5.02. The molecule has 0 aliphatic rings. The number of hydrogen-bond donors (Lipinski definition) is 0. The minimum absolute atomic E-state index is 0.355. The first-order valence-corrected chi connectivity index (χ1v) is 10.1. The smallest absolute Gasteiger partial charge is 0.246 e. The lowest BCUT2D eigenvalue weighted by Gasteiger charge is -2.13. The topological polar surface area (TPSA) is 47.8 Å². The first kappa shape index (κ1) is 19.9. The number of unbranched alkanes of at least 4 members (excludes halogenated alkanes) is 9. The lowest BCUT2D eigenvalue weighted by atomic mass is 10.0. The van der Waals surface area contributed by atoms with Crippen molar-refractivity contribution in [1.82, 2.24) is 15.0 Å². The summed E-state index contributed by atoms with van der Waals surface area (Å²) < 4.78 is 1.68. The SMILES string of the molecule is CCCCCCCCCCCCC(C(=O)Cl)n1nnc2ccccc21. The highest BCUT2D eigenvalue weighted by atomic mass is 35.5. The summed E-state index contributed by atoms with van der Waals surface area (Å²) in [6, 6.07) is 7.26. The van der Waals surface area contributed by atoms with Crippen LogP contribution in [-0.4, -0.2) is 20.2 Å². The standard InChI is InChI=1S/C20H30ClN3O/c1-2-3-4-5-6-7-8-9-10-11-16-19(20(21)25)24-18-15-13-12-14-17(18)22-23-24/h12-15,19H,2-11,16H2,1H3. The molecule has 1 heterocycles. The predicted octanol–water partition coefficient (Wildman–Crippen LogP) is 6.05. The highest BCUT2D eigenvalue weighted by molar-refractivity contribution is 6.64. The summed E-state index contributed by atoms with van der Waals surface area (Å²) in [6.45, 7) is 2.25. The monoisotopic (exact) mass is 363 g/mol. The third kappa shape index (κ3) is 6.43. The summed E-state index contributed by atoms with van der Waals surface area (Å²) in [4.78, 5) is 11.9. The summed E-state index contributed by atoms with van der Waals surface area (Å²) in [7, 11) is 0. The summed E-state index contributed by atoms with van der Waals surface area (Å²) >= 11 is 5.83. The van der Waals surface area contributed by atoms with E-state index in [1.165, 1.54) is 51.4 Å². The molecule has 0 fully saturated rings. The van der Waals surface area contributed by atoms with Crippen molar-refractivity contribution in [2.45, 2.75) is 83.6 Å². The largest absolute Gasteiger partial charge is 0.279 e. The van der Waals surface area contributed by atoms with Crippen molar-refractivity contribution in [1.29, 1.82) is 0 Å². The van der Waals surface area contributed by atoms with Gasteiger partial charge in [0.25, 0.3) is 0 Å². The van der Waals surface area contributed by atoms with Crippen LogP contribution in [-0.2, 0) is 4.79 Å². The van der Waals surface area contributed by atoms with E-state index in [9.17, 15) is 4.79 Å². The molecule has 1 atom stereocenters. The van der Waals surface area contributed by atoms with Gasteiger partial charge in [0.2, 0.25) is 5.24 Å². The van der Waals surface area contributed by atoms with Crippen LogP contribution in [0.2, 0.25) is 0 Å². The average Bonchev–Trinajstić information content (AvgIpc) is 3.03. The van der Waals surface area contributed by atoms with Gasteiger partial charge >= 0.3 is 0 Å². The van der Waals surface area contributed by atoms with Crippen LogP contribution in [0.4, 0.5) is 0 Å². The summed E-state index contributed by atoms with van der Waals surface area (Å²) in [5, 5.41) is 7.91. The molecule has 1 unspecified atom stereocenters. The van der Waals surface area contributed by atoms with Crippen molar-refractivity contribution in [2.24, 2.45) is 0 Å². The Labute approximate surface area is 155 Å². The van der Waals surface area contributed by atoms with Gasteiger partial charge in [-0.1, -0.05) is 88.5 Å². The molecule has 1 aromatic carbocycles. The maximum absolute atomic E-state index is 11.9. The second-order valence-corrected chi connectivity index (χ2v) is 7.19. The third-order valence-electron chi connectivity index (χ3n) is 4.77. The molecular weight excluding hydrogens is 334 g/mol. The van der Waals surface area contributed by atoms with E-state index in [1.807, 2.05) is 24.3 Å². The molecule has 0 amide bonds. The molecular formula is C20H30ClN3O. The number of aromatic nitrogens is 3. The number of halogens is 1. The Bertz CT molecular complexity index is 641. The van der Waals surface area contributed by atoms with E-state index in [0.29, 0.717) is 0 Å². The molecule has 0 radical (unpaired) electrons. The first-order chi connectivity index (χ1) is 12.2. The number of fused-ring (bicyclic) bond motifs is 1. The molecule has 0 saturated heterocycles. The fraction of sp³-hybridized carbons (Fsp3) is 0.650. The Balaban J connectivity index is 1.70. The highest BCUT2D eigenvalue weighted by Crippen LogP contribution is 2.23. The van der Waals surface area contributed by atoms with Crippen LogP contribution < -0.4 is 0 Å². The van der Waals surface area contributed by atoms with Gasteiger partial charge in [0.05, 0.1) is 5.52 Å². The molecule has 0 N–H and O–H groups in total. The van der Waals surface area contributed by atoms with Crippen LogP contribution in [0.15, 0.2) is 24.3 Å². The van der Waals surface area contributed by atoms with Crippen molar-refractivity contribution < 1.29 is 4.79 Å². The van der Waals surface area contributed by atoms with Crippen LogP contribution in [0, 0.1) is 0 Å². The Kier molecular flexibility index (Phi) is 8.95. The van der Waals surface area contributed by atoms with Gasteiger partial charge in [-0.05, 0) is 30.2 Å². The molecule has 0 aliphatic carbocycles. The second kappa shape index (κ2) is 11.2. The Hall–Kier alpha value is -1.42. The van der Waals surface area contributed by atoms with Gasteiger partial charge in [-0.2, -0.15) is 0 Å². The van der Waals surface area contributed by atoms with E-state index in [1.54, 1.807) is 4.68 Å². The Morgan fingerprint density at radius 1 is 1.00 bits per heavy atom. The molecule has 4 nitrogen and oxygen atoms in total. The minimum atomic E-state index is -0.414. The van der Waals surface area contributed by atoms with Crippen LogP contribution in [0.3, 0.4) is 0 Å². The number of hydrogen-bond acceptors (Lipinski definition) is 3. The molecule has 0 spiro atoms. The molecule has 1 aromatic heterocycles. The quantitative estimate of drug-likeness (QED) is 0.321. The molecule has 2 aromatic rings. The van der Waals surface area contributed by atoms with Gasteiger partial charge < -0.3 is 0 Å². The Morgan fingerprint density at radius 2 is 1.60 bits per heavy atom. The van der Waals surface area contributed by atoms with E-state index in [0.717, 1.165) is 30.3 Å². The van der Waals surface area contributed by atoms with Gasteiger partial charge in [0.15, 0.2) is 0 Å². The van der Waals surface area contributed by atoms with Gasteiger partial charge in [-0.15, -0.1) is 5.10 Å². The molecule has 25 heavy (non-hydrogen) atoms.